The lowest BCUT2D eigenvalue weighted by molar-refractivity contribution is -0.137. The highest BCUT2D eigenvalue weighted by atomic mass is 28.5. The Morgan fingerprint density at radius 2 is 1.65 bits per heavy atom. The number of nitrogens with one attached hydrogen (secondary N) is 1. The van der Waals surface area contributed by atoms with Crippen molar-refractivity contribution in [2.45, 2.75) is 109 Å². The third-order valence-corrected chi connectivity index (χ3v) is 17.7. The number of hydrogen-bond donors (Lipinski definition) is 1. The fraction of sp³-hybridized carbons (Fsp3) is 0.800. The maximum Gasteiger partial charge on any atom is 0.335 e. The highest BCUT2D eigenvalue weighted by Crippen LogP contribution is 2.48. The molecule has 0 unspecified atom stereocenters. The summed E-state index contributed by atoms with van der Waals surface area (Å²) in [6, 6.07) is -0.563. The van der Waals surface area contributed by atoms with Crippen molar-refractivity contribution in [3.63, 3.8) is 0 Å². The number of carbonyl (C=O) groups is 3. The molecule has 3 amide bonds. The monoisotopic (exact) mass is 556 g/mol. The van der Waals surface area contributed by atoms with Crippen LogP contribution in [0.3, 0.4) is 0 Å². The van der Waals surface area contributed by atoms with E-state index in [2.05, 4.69) is 60.7 Å². The summed E-state index contributed by atoms with van der Waals surface area (Å²) >= 11 is 0. The summed E-state index contributed by atoms with van der Waals surface area (Å²) < 4.78 is 32.8. The topological polar surface area (TPSA) is 113 Å². The molecule has 0 aromatic carbocycles. The molecule has 1 N–H and O–H groups in total. The Morgan fingerprint density at radius 3 is 2.16 bits per heavy atom. The second kappa shape index (κ2) is 11.7. The Kier molecular flexibility index (Phi) is 9.45. The van der Waals surface area contributed by atoms with Gasteiger partial charge in [-0.15, -0.1) is 0 Å². The van der Waals surface area contributed by atoms with Crippen LogP contribution in [0.5, 0.6) is 0 Å². The van der Waals surface area contributed by atoms with E-state index in [4.69, 9.17) is 22.4 Å². The van der Waals surface area contributed by atoms with Crippen molar-refractivity contribution in [3.05, 3.63) is 11.6 Å². The Labute approximate surface area is 222 Å². The van der Waals surface area contributed by atoms with E-state index in [1.54, 1.807) is 6.92 Å². The van der Waals surface area contributed by atoms with Crippen LogP contribution in [0.25, 0.3) is 0 Å². The van der Waals surface area contributed by atoms with Gasteiger partial charge in [0, 0.05) is 24.6 Å². The Balaban J connectivity index is 2.14. The Hall–Kier alpha value is -1.58. The fourth-order valence-corrected chi connectivity index (χ4v) is 16.8. The van der Waals surface area contributed by atoms with Gasteiger partial charge in [0.1, 0.15) is 12.2 Å². The summed E-state index contributed by atoms with van der Waals surface area (Å²) in [5.74, 6) is -0.882. The molecule has 3 aliphatic heterocycles. The van der Waals surface area contributed by atoms with Gasteiger partial charge in [-0.1, -0.05) is 55.4 Å². The summed E-state index contributed by atoms with van der Waals surface area (Å²) in [5, 5.41) is 2.35. The molecule has 0 aromatic heterocycles. The highest BCUT2D eigenvalue weighted by Gasteiger charge is 2.61. The van der Waals surface area contributed by atoms with E-state index in [1.807, 2.05) is 0 Å². The molecule has 0 bridgehead atoms. The third-order valence-electron chi connectivity index (χ3n) is 7.52. The number of carbonyl (C=O) groups excluding carboxylic acids is 3. The molecular formula is C25H44N2O8Si2. The van der Waals surface area contributed by atoms with Gasteiger partial charge in [0.2, 0.25) is 5.91 Å². The van der Waals surface area contributed by atoms with Crippen LogP contribution in [-0.4, -0.2) is 78.1 Å². The van der Waals surface area contributed by atoms with Gasteiger partial charge in [0.25, 0.3) is 0 Å². The van der Waals surface area contributed by atoms with Crippen LogP contribution in [0.1, 0.15) is 68.7 Å². The summed E-state index contributed by atoms with van der Waals surface area (Å²) in [6.07, 6.45) is -0.605. The van der Waals surface area contributed by atoms with Crippen molar-refractivity contribution in [2.75, 3.05) is 19.8 Å². The van der Waals surface area contributed by atoms with Crippen molar-refractivity contribution >= 4 is 35.0 Å². The number of ether oxygens (including phenoxy) is 2. The summed E-state index contributed by atoms with van der Waals surface area (Å²) in [7, 11) is -5.78. The van der Waals surface area contributed by atoms with E-state index in [0.717, 1.165) is 0 Å². The molecule has 37 heavy (non-hydrogen) atoms. The summed E-state index contributed by atoms with van der Waals surface area (Å²) in [5.41, 5.74) is 0.989. The zero-order valence-electron chi connectivity index (χ0n) is 23.7. The van der Waals surface area contributed by atoms with Gasteiger partial charge in [-0.05, 0) is 29.1 Å². The smallest absolute Gasteiger partial charge is 0.335 e. The average molecular weight is 557 g/mol. The number of hydrogen-bond acceptors (Lipinski definition) is 8. The molecule has 0 aromatic rings. The molecule has 10 nitrogen and oxygen atoms in total. The van der Waals surface area contributed by atoms with Crippen LogP contribution < -0.4 is 5.32 Å². The van der Waals surface area contributed by atoms with Crippen LogP contribution in [0, 0.1) is 0 Å². The van der Waals surface area contributed by atoms with Gasteiger partial charge < -0.3 is 22.4 Å². The van der Waals surface area contributed by atoms with Crippen LogP contribution in [-0.2, 0) is 32.0 Å². The first-order valence-electron chi connectivity index (χ1n) is 13.4. The van der Waals surface area contributed by atoms with Gasteiger partial charge in [-0.25, -0.2) is 9.59 Å². The van der Waals surface area contributed by atoms with Gasteiger partial charge in [-0.2, -0.15) is 0 Å². The van der Waals surface area contributed by atoms with E-state index >= 15 is 0 Å². The van der Waals surface area contributed by atoms with Gasteiger partial charge in [-0.3, -0.25) is 15.0 Å². The quantitative estimate of drug-likeness (QED) is 0.283. The van der Waals surface area contributed by atoms with E-state index in [0.29, 0.717) is 5.57 Å². The highest BCUT2D eigenvalue weighted by molar-refractivity contribution is 6.84. The SMILES string of the molecule is CCOC(=O)/C=C1\[C@H](N2CCC(=O)NC2=O)O[C@@H]2CO[Si](C(C)C)(C(C)C)O[Si](C(C)C)(C(C)C)O[C@@H]12. The standard InChI is InChI=1S/C25H44N2O8Si2/c1-10-31-22(29)13-19-23-20(33-24(19)27-12-11-21(28)26-25(27)30)14-32-36(15(2)3,16(4)5)35-37(34-23,17(6)7)18(8)9/h13,15-18,20,23-24H,10-12,14H2,1-9H3,(H,26,28,30)/b19-13-/t20-,23+,24-/m1/s1. The first-order chi connectivity index (χ1) is 17.3. The largest absolute Gasteiger partial charge is 0.463 e. The van der Waals surface area contributed by atoms with Crippen molar-refractivity contribution < 1.29 is 36.8 Å². The molecule has 12 heteroatoms. The van der Waals surface area contributed by atoms with Crippen molar-refractivity contribution in [2.24, 2.45) is 0 Å². The Morgan fingerprint density at radius 1 is 1.05 bits per heavy atom. The first kappa shape index (κ1) is 30.0. The predicted octanol–water partition coefficient (Wildman–Crippen LogP) is 4.10. The van der Waals surface area contributed by atoms with Crippen LogP contribution in [0.15, 0.2) is 11.6 Å². The number of rotatable bonds is 7. The molecule has 0 spiro atoms. The minimum absolute atomic E-state index is 0.0815. The van der Waals surface area contributed by atoms with Crippen molar-refractivity contribution in [3.8, 4) is 0 Å². The van der Waals surface area contributed by atoms with Gasteiger partial charge in [0.05, 0.1) is 13.2 Å². The number of urea groups is 1. The van der Waals surface area contributed by atoms with E-state index in [1.165, 1.54) is 11.0 Å². The molecule has 3 atom stereocenters. The lowest BCUT2D eigenvalue weighted by Crippen LogP contribution is -2.65. The van der Waals surface area contributed by atoms with E-state index < -0.39 is 47.6 Å². The van der Waals surface area contributed by atoms with Crippen LogP contribution in [0.2, 0.25) is 22.2 Å². The zero-order valence-corrected chi connectivity index (χ0v) is 25.7. The second-order valence-electron chi connectivity index (χ2n) is 11.2. The minimum atomic E-state index is -2.99. The second-order valence-corrected chi connectivity index (χ2v) is 20.1. The van der Waals surface area contributed by atoms with Gasteiger partial charge >= 0.3 is 29.1 Å². The molecule has 0 saturated carbocycles. The molecule has 3 heterocycles. The average Bonchev–Trinajstić information content (AvgIpc) is 3.09. The van der Waals surface area contributed by atoms with E-state index in [9.17, 15) is 14.4 Å². The third kappa shape index (κ3) is 5.74. The number of amides is 3. The molecule has 3 fully saturated rings. The number of imide groups is 1. The van der Waals surface area contributed by atoms with Crippen LogP contribution in [0.4, 0.5) is 4.79 Å². The lowest BCUT2D eigenvalue weighted by atomic mass is 10.1. The van der Waals surface area contributed by atoms with Crippen LogP contribution >= 0.6 is 0 Å². The molecule has 3 rings (SSSR count). The molecule has 0 radical (unpaired) electrons. The van der Waals surface area contributed by atoms with Gasteiger partial charge in [0.15, 0.2) is 6.23 Å². The number of fused-ring (bicyclic) bond motifs is 1. The zero-order chi connectivity index (χ0) is 27.7. The maximum absolute atomic E-state index is 12.8. The summed E-state index contributed by atoms with van der Waals surface area (Å²) in [6.45, 7) is 19.4. The number of esters is 1. The van der Waals surface area contributed by atoms with Crippen molar-refractivity contribution in [1.82, 2.24) is 10.2 Å². The molecule has 3 saturated heterocycles. The predicted molar refractivity (Wildman–Crippen MR) is 142 cm³/mol. The fourth-order valence-electron chi connectivity index (χ4n) is 5.59. The molecular weight excluding hydrogens is 512 g/mol. The number of nitrogens with zero attached hydrogens (tertiary/aromatic N) is 1. The Bertz CT molecular complexity index is 891. The molecule has 3 aliphatic rings. The first-order valence-corrected chi connectivity index (χ1v) is 17.4. The molecule has 0 aliphatic carbocycles. The van der Waals surface area contributed by atoms with Crippen molar-refractivity contribution in [1.29, 1.82) is 0 Å². The lowest BCUT2D eigenvalue weighted by Gasteiger charge is -2.51. The normalized spacial score (nSPS) is 29.1. The van der Waals surface area contributed by atoms with E-state index in [-0.39, 0.29) is 54.3 Å². The molecule has 210 valence electrons. The minimum Gasteiger partial charge on any atom is -0.463 e. The summed E-state index contributed by atoms with van der Waals surface area (Å²) in [4.78, 5) is 38.7. The maximum atomic E-state index is 12.8.